The molecule has 10 heavy (non-hydrogen) atoms. The van der Waals surface area contributed by atoms with Crippen molar-refractivity contribution >= 4 is 5.71 Å². The van der Waals surface area contributed by atoms with Gasteiger partial charge >= 0.3 is 0 Å². The maximum absolute atomic E-state index is 4.18. The van der Waals surface area contributed by atoms with Crippen molar-refractivity contribution in [2.45, 2.75) is 20.3 Å². The van der Waals surface area contributed by atoms with Gasteiger partial charge in [0, 0.05) is 12.1 Å². The van der Waals surface area contributed by atoms with Gasteiger partial charge < -0.3 is 0 Å². The molecule has 2 rings (SSSR count). The third-order valence-corrected chi connectivity index (χ3v) is 1.44. The summed E-state index contributed by atoms with van der Waals surface area (Å²) >= 11 is 0. The molecule has 0 aromatic carbocycles. The standard InChI is InChI=1S/C6H8N4/c1-4-3-6-7-5(2)9-10(6)8-4/h3H2,1-2H3. The fraction of sp³-hybridized carbons (Fsp3) is 0.500. The predicted molar refractivity (Wildman–Crippen MR) is 37.0 cm³/mol. The first-order valence-electron chi connectivity index (χ1n) is 3.23. The van der Waals surface area contributed by atoms with E-state index >= 15 is 0 Å². The zero-order chi connectivity index (χ0) is 7.14. The largest absolute Gasteiger partial charge is 0.214 e. The van der Waals surface area contributed by atoms with Gasteiger partial charge in [-0.25, -0.2) is 4.98 Å². The molecule has 1 aliphatic heterocycles. The van der Waals surface area contributed by atoms with E-state index in [4.69, 9.17) is 0 Å². The van der Waals surface area contributed by atoms with Crippen LogP contribution >= 0.6 is 0 Å². The van der Waals surface area contributed by atoms with Crippen LogP contribution in [0.4, 0.5) is 0 Å². The minimum atomic E-state index is 0.797. The number of hydrogen-bond donors (Lipinski definition) is 0. The Hall–Kier alpha value is -1.19. The first kappa shape index (κ1) is 5.58. The molecule has 1 aliphatic rings. The van der Waals surface area contributed by atoms with Crippen molar-refractivity contribution in [3.05, 3.63) is 11.6 Å². The Bertz CT molecular complexity index is 297. The van der Waals surface area contributed by atoms with Gasteiger partial charge in [-0.2, -0.15) is 5.10 Å². The van der Waals surface area contributed by atoms with Gasteiger partial charge in [0.05, 0.1) is 0 Å². The summed E-state index contributed by atoms with van der Waals surface area (Å²) < 4.78 is 0. The van der Waals surface area contributed by atoms with E-state index in [0.717, 1.165) is 23.8 Å². The maximum Gasteiger partial charge on any atom is 0.158 e. The van der Waals surface area contributed by atoms with E-state index in [2.05, 4.69) is 15.2 Å². The number of fused-ring (bicyclic) bond motifs is 1. The van der Waals surface area contributed by atoms with Crippen LogP contribution < -0.4 is 0 Å². The first-order valence-corrected chi connectivity index (χ1v) is 3.23. The van der Waals surface area contributed by atoms with Crippen LogP contribution in [0.2, 0.25) is 0 Å². The highest BCUT2D eigenvalue weighted by atomic mass is 15.6. The van der Waals surface area contributed by atoms with Crippen LogP contribution in [-0.2, 0) is 6.42 Å². The van der Waals surface area contributed by atoms with E-state index in [-0.39, 0.29) is 0 Å². The molecule has 0 radical (unpaired) electrons. The van der Waals surface area contributed by atoms with Crippen molar-refractivity contribution in [2.75, 3.05) is 0 Å². The molecule has 0 aliphatic carbocycles. The topological polar surface area (TPSA) is 43.1 Å². The Balaban J connectivity index is 2.53. The van der Waals surface area contributed by atoms with Crippen LogP contribution in [-0.4, -0.2) is 20.6 Å². The molecule has 1 aromatic rings. The summed E-state index contributed by atoms with van der Waals surface area (Å²) in [6.45, 7) is 3.85. The Morgan fingerprint density at radius 3 is 2.90 bits per heavy atom. The molecule has 0 unspecified atom stereocenters. The normalized spacial score (nSPS) is 15.2. The molecule has 2 heterocycles. The fourth-order valence-corrected chi connectivity index (χ4v) is 1.06. The number of aromatic nitrogens is 3. The molecule has 0 saturated heterocycles. The van der Waals surface area contributed by atoms with E-state index in [9.17, 15) is 0 Å². The summed E-state index contributed by atoms with van der Waals surface area (Å²) in [5.41, 5.74) is 1.08. The zero-order valence-corrected chi connectivity index (χ0v) is 6.00. The van der Waals surface area contributed by atoms with Gasteiger partial charge in [0.25, 0.3) is 0 Å². The molecule has 52 valence electrons. The monoisotopic (exact) mass is 136 g/mol. The van der Waals surface area contributed by atoms with Crippen molar-refractivity contribution in [3.63, 3.8) is 0 Å². The second-order valence-corrected chi connectivity index (χ2v) is 2.48. The van der Waals surface area contributed by atoms with Crippen LogP contribution in [0.3, 0.4) is 0 Å². The van der Waals surface area contributed by atoms with Crippen molar-refractivity contribution in [2.24, 2.45) is 5.10 Å². The van der Waals surface area contributed by atoms with Gasteiger partial charge in [-0.15, -0.1) is 9.89 Å². The van der Waals surface area contributed by atoms with Crippen molar-refractivity contribution in [1.29, 1.82) is 0 Å². The van der Waals surface area contributed by atoms with E-state index in [0.29, 0.717) is 0 Å². The number of aryl methyl sites for hydroxylation is 1. The highest BCUT2D eigenvalue weighted by Gasteiger charge is 2.13. The van der Waals surface area contributed by atoms with Crippen molar-refractivity contribution < 1.29 is 0 Å². The summed E-state index contributed by atoms with van der Waals surface area (Å²) in [5, 5.41) is 8.19. The molecule has 0 fully saturated rings. The van der Waals surface area contributed by atoms with Crippen LogP contribution in [0.5, 0.6) is 0 Å². The molecule has 4 heteroatoms. The number of hydrogen-bond acceptors (Lipinski definition) is 3. The molecule has 0 spiro atoms. The number of rotatable bonds is 0. The van der Waals surface area contributed by atoms with Crippen molar-refractivity contribution in [1.82, 2.24) is 14.9 Å². The first-order chi connectivity index (χ1) is 4.75. The lowest BCUT2D eigenvalue weighted by molar-refractivity contribution is 0.725. The van der Waals surface area contributed by atoms with Crippen LogP contribution in [0.15, 0.2) is 5.10 Å². The summed E-state index contributed by atoms with van der Waals surface area (Å²) in [6, 6.07) is 0. The van der Waals surface area contributed by atoms with Crippen LogP contribution in [0.25, 0.3) is 0 Å². The van der Waals surface area contributed by atoms with Gasteiger partial charge in [-0.3, -0.25) is 0 Å². The van der Waals surface area contributed by atoms with Crippen LogP contribution in [0.1, 0.15) is 18.6 Å². The van der Waals surface area contributed by atoms with Gasteiger partial charge in [-0.1, -0.05) is 0 Å². The second kappa shape index (κ2) is 1.65. The second-order valence-electron chi connectivity index (χ2n) is 2.48. The summed E-state index contributed by atoms with van der Waals surface area (Å²) in [6.07, 6.45) is 0.848. The average Bonchev–Trinajstić information content (AvgIpc) is 2.21. The molecule has 1 aromatic heterocycles. The van der Waals surface area contributed by atoms with Gasteiger partial charge in [-0.05, 0) is 13.8 Å². The third-order valence-electron chi connectivity index (χ3n) is 1.44. The minimum Gasteiger partial charge on any atom is -0.214 e. The SMILES string of the molecule is CC1=Nn2nc(C)nc2C1. The molecular formula is C6H8N4. The molecule has 4 nitrogen and oxygen atoms in total. The summed E-state index contributed by atoms with van der Waals surface area (Å²) in [7, 11) is 0. The third kappa shape index (κ3) is 0.650. The number of nitrogens with zero attached hydrogens (tertiary/aromatic N) is 4. The summed E-state index contributed by atoms with van der Waals surface area (Å²) in [5.74, 6) is 1.75. The smallest absolute Gasteiger partial charge is 0.158 e. The highest BCUT2D eigenvalue weighted by Crippen LogP contribution is 2.06. The average molecular weight is 136 g/mol. The Morgan fingerprint density at radius 1 is 1.40 bits per heavy atom. The lowest BCUT2D eigenvalue weighted by atomic mass is 10.3. The molecule has 0 N–H and O–H groups in total. The van der Waals surface area contributed by atoms with Gasteiger partial charge in [0.2, 0.25) is 0 Å². The quantitative estimate of drug-likeness (QED) is 0.517. The minimum absolute atomic E-state index is 0.797. The Kier molecular flexibility index (Phi) is 0.922. The lowest BCUT2D eigenvalue weighted by Crippen LogP contribution is -1.91. The lowest BCUT2D eigenvalue weighted by Gasteiger charge is -1.81. The fourth-order valence-electron chi connectivity index (χ4n) is 1.06. The predicted octanol–water partition coefficient (Wildman–Crippen LogP) is 0.367. The highest BCUT2D eigenvalue weighted by molar-refractivity contribution is 5.84. The van der Waals surface area contributed by atoms with Crippen LogP contribution in [0, 0.1) is 6.92 Å². The molecular weight excluding hydrogens is 128 g/mol. The zero-order valence-electron chi connectivity index (χ0n) is 6.00. The molecule has 0 atom stereocenters. The van der Waals surface area contributed by atoms with Crippen molar-refractivity contribution in [3.8, 4) is 0 Å². The van der Waals surface area contributed by atoms with E-state index < -0.39 is 0 Å². The molecule has 0 saturated carbocycles. The van der Waals surface area contributed by atoms with E-state index in [1.54, 1.807) is 4.79 Å². The van der Waals surface area contributed by atoms with Gasteiger partial charge in [0.1, 0.15) is 5.82 Å². The van der Waals surface area contributed by atoms with Gasteiger partial charge in [0.15, 0.2) is 5.82 Å². The Labute approximate surface area is 58.6 Å². The molecule has 0 bridgehead atoms. The molecule has 0 amide bonds. The van der Waals surface area contributed by atoms with E-state index in [1.165, 1.54) is 0 Å². The van der Waals surface area contributed by atoms with E-state index in [1.807, 2.05) is 13.8 Å². The summed E-state index contributed by atoms with van der Waals surface area (Å²) in [4.78, 5) is 5.78. The Morgan fingerprint density at radius 2 is 2.20 bits per heavy atom. The maximum atomic E-state index is 4.18.